The highest BCUT2D eigenvalue weighted by Crippen LogP contribution is 2.36. The van der Waals surface area contributed by atoms with Crippen molar-refractivity contribution >= 4 is 34.8 Å². The van der Waals surface area contributed by atoms with Gasteiger partial charge in [-0.15, -0.1) is 0 Å². The topological polar surface area (TPSA) is 82.0 Å². The molecule has 2 aromatic carbocycles. The van der Waals surface area contributed by atoms with E-state index in [4.69, 9.17) is 16.9 Å². The van der Waals surface area contributed by atoms with Gasteiger partial charge < -0.3 is 10.6 Å². The third-order valence-electron chi connectivity index (χ3n) is 3.18. The summed E-state index contributed by atoms with van der Waals surface area (Å²) < 4.78 is 38.9. The van der Waals surface area contributed by atoms with Crippen LogP contribution in [-0.2, 0) is 15.8 Å². The molecule has 0 aliphatic rings. The predicted octanol–water partition coefficient (Wildman–Crippen LogP) is 4.20. The molecule has 2 rings (SSSR count). The Morgan fingerprint density at radius 2 is 1.65 bits per heavy atom. The van der Waals surface area contributed by atoms with Crippen LogP contribution in [0.15, 0.2) is 42.5 Å². The summed E-state index contributed by atoms with van der Waals surface area (Å²) in [5, 5.41) is 13.0. The van der Waals surface area contributed by atoms with Gasteiger partial charge in [-0.05, 0) is 42.5 Å². The highest BCUT2D eigenvalue weighted by molar-refractivity contribution is 6.30. The second-order valence-electron chi connectivity index (χ2n) is 5.15. The summed E-state index contributed by atoms with van der Waals surface area (Å²) in [5.74, 6) is -1.63. The normalized spacial score (nSPS) is 10.7. The molecule has 0 aromatic heterocycles. The summed E-state index contributed by atoms with van der Waals surface area (Å²) in [7, 11) is 0. The zero-order valence-corrected chi connectivity index (χ0v) is 13.8. The van der Waals surface area contributed by atoms with Gasteiger partial charge in [0.25, 0.3) is 0 Å². The number of carbonyl (C=O) groups is 2. The second-order valence-corrected chi connectivity index (χ2v) is 5.59. The number of hydrogen-bond acceptors (Lipinski definition) is 3. The van der Waals surface area contributed by atoms with Crippen molar-refractivity contribution in [1.29, 1.82) is 5.26 Å². The molecule has 2 N–H and O–H groups in total. The van der Waals surface area contributed by atoms with Gasteiger partial charge in [0.15, 0.2) is 0 Å². The first-order valence-corrected chi connectivity index (χ1v) is 7.53. The van der Waals surface area contributed by atoms with Crippen molar-refractivity contribution in [3.63, 3.8) is 0 Å². The van der Waals surface area contributed by atoms with Crippen molar-refractivity contribution in [2.75, 3.05) is 10.6 Å². The molecule has 0 bridgehead atoms. The lowest BCUT2D eigenvalue weighted by atomic mass is 10.1. The van der Waals surface area contributed by atoms with Gasteiger partial charge in [-0.1, -0.05) is 11.6 Å². The SMILES string of the molecule is N#Cc1ccc(NC(=O)CC(=O)Nc2ccc(Cl)cc2C(F)(F)F)cc1. The average Bonchev–Trinajstić information content (AvgIpc) is 2.56. The van der Waals surface area contributed by atoms with Gasteiger partial charge in [0.2, 0.25) is 11.8 Å². The molecule has 0 aliphatic heterocycles. The van der Waals surface area contributed by atoms with Gasteiger partial charge in [0.05, 0.1) is 22.9 Å². The number of anilines is 2. The van der Waals surface area contributed by atoms with E-state index in [1.807, 2.05) is 6.07 Å². The van der Waals surface area contributed by atoms with E-state index in [1.165, 1.54) is 30.3 Å². The highest BCUT2D eigenvalue weighted by Gasteiger charge is 2.34. The minimum Gasteiger partial charge on any atom is -0.326 e. The van der Waals surface area contributed by atoms with Crippen LogP contribution in [0.2, 0.25) is 5.02 Å². The van der Waals surface area contributed by atoms with Crippen LogP contribution in [0.5, 0.6) is 0 Å². The highest BCUT2D eigenvalue weighted by atomic mass is 35.5. The van der Waals surface area contributed by atoms with E-state index >= 15 is 0 Å². The Kier molecular flexibility index (Phi) is 5.85. The Labute approximate surface area is 151 Å². The molecule has 0 aliphatic carbocycles. The first-order valence-electron chi connectivity index (χ1n) is 7.15. The van der Waals surface area contributed by atoms with E-state index in [-0.39, 0.29) is 5.02 Å². The fourth-order valence-electron chi connectivity index (χ4n) is 2.03. The minimum atomic E-state index is -4.71. The Morgan fingerprint density at radius 1 is 1.04 bits per heavy atom. The Balaban J connectivity index is 2.02. The van der Waals surface area contributed by atoms with Crippen LogP contribution < -0.4 is 10.6 Å². The van der Waals surface area contributed by atoms with Gasteiger partial charge in [0, 0.05) is 10.7 Å². The molecule has 0 saturated heterocycles. The number of nitrogens with zero attached hydrogens (tertiary/aromatic N) is 1. The van der Waals surface area contributed by atoms with Crippen molar-refractivity contribution < 1.29 is 22.8 Å². The van der Waals surface area contributed by atoms with Crippen LogP contribution in [0.4, 0.5) is 24.5 Å². The third kappa shape index (κ3) is 5.22. The zero-order chi connectivity index (χ0) is 19.3. The third-order valence-corrected chi connectivity index (χ3v) is 3.42. The van der Waals surface area contributed by atoms with Crippen LogP contribution >= 0.6 is 11.6 Å². The second kappa shape index (κ2) is 7.89. The molecule has 0 heterocycles. The molecular weight excluding hydrogens is 371 g/mol. The quantitative estimate of drug-likeness (QED) is 0.779. The smallest absolute Gasteiger partial charge is 0.326 e. The lowest BCUT2D eigenvalue weighted by Crippen LogP contribution is -2.22. The van der Waals surface area contributed by atoms with E-state index < -0.39 is 35.7 Å². The summed E-state index contributed by atoms with van der Waals surface area (Å²) in [4.78, 5) is 23.7. The standard InChI is InChI=1S/C17H11ClF3N3O2/c18-11-3-6-14(13(7-11)17(19,20)21)24-16(26)8-15(25)23-12-4-1-10(9-22)2-5-12/h1-7H,8H2,(H,23,25)(H,24,26). The maximum Gasteiger partial charge on any atom is 0.418 e. The van der Waals surface area contributed by atoms with Crippen molar-refractivity contribution in [2.45, 2.75) is 12.6 Å². The number of carbonyl (C=O) groups excluding carboxylic acids is 2. The summed E-state index contributed by atoms with van der Waals surface area (Å²) in [6, 6.07) is 10.7. The van der Waals surface area contributed by atoms with Crippen LogP contribution in [0.1, 0.15) is 17.5 Å². The number of rotatable bonds is 4. The van der Waals surface area contributed by atoms with E-state index in [1.54, 1.807) is 0 Å². The largest absolute Gasteiger partial charge is 0.418 e. The Hall–Kier alpha value is -3.05. The first-order chi connectivity index (χ1) is 12.2. The van der Waals surface area contributed by atoms with Gasteiger partial charge in [0.1, 0.15) is 6.42 Å². The number of alkyl halides is 3. The fraction of sp³-hybridized carbons (Fsp3) is 0.118. The van der Waals surface area contributed by atoms with Gasteiger partial charge >= 0.3 is 6.18 Å². The predicted molar refractivity (Wildman–Crippen MR) is 89.5 cm³/mol. The number of hydrogen-bond donors (Lipinski definition) is 2. The lowest BCUT2D eigenvalue weighted by molar-refractivity contribution is -0.137. The maximum absolute atomic E-state index is 13.0. The van der Waals surface area contributed by atoms with Crippen LogP contribution in [-0.4, -0.2) is 11.8 Å². The number of benzene rings is 2. The lowest BCUT2D eigenvalue weighted by Gasteiger charge is -2.14. The zero-order valence-electron chi connectivity index (χ0n) is 13.0. The first kappa shape index (κ1) is 19.3. The molecular formula is C17H11ClF3N3O2. The van der Waals surface area contributed by atoms with E-state index in [9.17, 15) is 22.8 Å². The number of amides is 2. The molecule has 9 heteroatoms. The molecule has 0 spiro atoms. The molecule has 0 atom stereocenters. The monoisotopic (exact) mass is 381 g/mol. The Bertz CT molecular complexity index is 874. The molecule has 2 amide bonds. The van der Waals surface area contributed by atoms with Crippen molar-refractivity contribution in [3.8, 4) is 6.07 Å². The van der Waals surface area contributed by atoms with Crippen molar-refractivity contribution in [2.24, 2.45) is 0 Å². The summed E-state index contributed by atoms with van der Waals surface area (Å²) >= 11 is 5.56. The number of nitrogens with one attached hydrogen (secondary N) is 2. The molecule has 0 unspecified atom stereocenters. The molecule has 134 valence electrons. The van der Waals surface area contributed by atoms with Crippen molar-refractivity contribution in [1.82, 2.24) is 0 Å². The van der Waals surface area contributed by atoms with Crippen molar-refractivity contribution in [3.05, 3.63) is 58.6 Å². The average molecular weight is 382 g/mol. The van der Waals surface area contributed by atoms with E-state index in [0.717, 1.165) is 6.07 Å². The minimum absolute atomic E-state index is 0.131. The van der Waals surface area contributed by atoms with Gasteiger partial charge in [-0.2, -0.15) is 18.4 Å². The molecule has 26 heavy (non-hydrogen) atoms. The Morgan fingerprint density at radius 3 is 2.23 bits per heavy atom. The van der Waals surface area contributed by atoms with Crippen LogP contribution in [0.3, 0.4) is 0 Å². The fourth-order valence-corrected chi connectivity index (χ4v) is 2.21. The number of halogens is 4. The summed E-state index contributed by atoms with van der Waals surface area (Å²) in [6.45, 7) is 0. The van der Waals surface area contributed by atoms with Gasteiger partial charge in [-0.25, -0.2) is 0 Å². The molecule has 0 radical (unpaired) electrons. The maximum atomic E-state index is 13.0. The summed E-state index contributed by atoms with van der Waals surface area (Å²) in [5.41, 5.74) is -0.851. The summed E-state index contributed by atoms with van der Waals surface area (Å²) in [6.07, 6.45) is -5.39. The molecule has 2 aromatic rings. The van der Waals surface area contributed by atoms with E-state index in [0.29, 0.717) is 17.3 Å². The molecule has 0 fully saturated rings. The molecule has 5 nitrogen and oxygen atoms in total. The number of nitriles is 1. The van der Waals surface area contributed by atoms with Gasteiger partial charge in [-0.3, -0.25) is 9.59 Å². The van der Waals surface area contributed by atoms with E-state index in [2.05, 4.69) is 10.6 Å². The molecule has 0 saturated carbocycles. The van der Waals surface area contributed by atoms with Crippen LogP contribution in [0.25, 0.3) is 0 Å². The van der Waals surface area contributed by atoms with Crippen LogP contribution in [0, 0.1) is 11.3 Å².